The monoisotopic (exact) mass is 207 g/mol. The van der Waals surface area contributed by atoms with Crippen LogP contribution in [0.2, 0.25) is 0 Å². The maximum Gasteiger partial charge on any atom is 0.391 e. The molecule has 0 N–H and O–H groups in total. The third-order valence-electron chi connectivity index (χ3n) is 1.81. The van der Waals surface area contributed by atoms with E-state index in [0.717, 1.165) is 12.2 Å². The van der Waals surface area contributed by atoms with Crippen molar-refractivity contribution < 1.29 is 22.8 Å². The number of hydrogen-bond acceptors (Lipinski definition) is 2. The van der Waals surface area contributed by atoms with E-state index >= 15 is 0 Å². The molecule has 1 aliphatic rings. The van der Waals surface area contributed by atoms with Crippen LogP contribution >= 0.6 is 0 Å². The highest BCUT2D eigenvalue weighted by molar-refractivity contribution is 6.13. The van der Waals surface area contributed by atoms with Crippen molar-refractivity contribution in [2.24, 2.45) is 0 Å². The van der Waals surface area contributed by atoms with Crippen LogP contribution in [0.15, 0.2) is 12.2 Å². The molecule has 0 aliphatic carbocycles. The lowest BCUT2D eigenvalue weighted by atomic mass is 10.2. The first kappa shape index (κ1) is 10.7. The van der Waals surface area contributed by atoms with Gasteiger partial charge in [-0.15, -0.1) is 0 Å². The largest absolute Gasteiger partial charge is 0.391 e. The van der Waals surface area contributed by atoms with Crippen molar-refractivity contribution >= 4 is 11.8 Å². The van der Waals surface area contributed by atoms with Crippen LogP contribution in [0.3, 0.4) is 0 Å². The number of halogens is 3. The third kappa shape index (κ3) is 2.34. The maximum absolute atomic E-state index is 11.9. The van der Waals surface area contributed by atoms with E-state index in [0.29, 0.717) is 4.90 Å². The summed E-state index contributed by atoms with van der Waals surface area (Å²) in [6.45, 7) is 1.19. The number of nitrogens with zero attached hydrogens (tertiary/aromatic N) is 1. The summed E-state index contributed by atoms with van der Waals surface area (Å²) in [5.74, 6) is -1.38. The van der Waals surface area contributed by atoms with Crippen molar-refractivity contribution in [1.82, 2.24) is 4.90 Å². The Kier molecular flexibility index (Phi) is 2.64. The molecule has 1 rings (SSSR count). The number of amides is 2. The predicted octanol–water partition coefficient (Wildman–Crippen LogP) is 1.25. The van der Waals surface area contributed by atoms with Gasteiger partial charge < -0.3 is 0 Å². The van der Waals surface area contributed by atoms with Crippen molar-refractivity contribution in [1.29, 1.82) is 0 Å². The summed E-state index contributed by atoms with van der Waals surface area (Å²) < 4.78 is 35.8. The lowest BCUT2D eigenvalue weighted by Gasteiger charge is -2.23. The molecule has 1 heterocycles. The number of alkyl halides is 3. The van der Waals surface area contributed by atoms with Gasteiger partial charge in [0, 0.05) is 18.2 Å². The lowest BCUT2D eigenvalue weighted by molar-refractivity contribution is -0.155. The van der Waals surface area contributed by atoms with Gasteiger partial charge >= 0.3 is 6.18 Å². The molecule has 0 aromatic rings. The van der Waals surface area contributed by atoms with E-state index in [9.17, 15) is 22.8 Å². The molecule has 0 bridgehead atoms. The van der Waals surface area contributed by atoms with Crippen LogP contribution < -0.4 is 0 Å². The Labute approximate surface area is 78.2 Å². The van der Waals surface area contributed by atoms with E-state index in [-0.39, 0.29) is 0 Å². The predicted molar refractivity (Wildman–Crippen MR) is 41.1 cm³/mol. The van der Waals surface area contributed by atoms with Crippen molar-refractivity contribution in [2.75, 3.05) is 0 Å². The summed E-state index contributed by atoms with van der Waals surface area (Å²) in [6.07, 6.45) is -3.61. The van der Waals surface area contributed by atoms with E-state index in [2.05, 4.69) is 0 Å². The quantitative estimate of drug-likeness (QED) is 0.639. The Hall–Kier alpha value is -1.33. The fourth-order valence-electron chi connectivity index (χ4n) is 1.27. The Morgan fingerprint density at radius 1 is 1.29 bits per heavy atom. The van der Waals surface area contributed by atoms with E-state index in [1.54, 1.807) is 0 Å². The fraction of sp³-hybridized carbons (Fsp3) is 0.500. The van der Waals surface area contributed by atoms with E-state index in [1.807, 2.05) is 0 Å². The normalized spacial score (nSPS) is 19.3. The molecule has 2 amide bonds. The number of hydrogen-bond donors (Lipinski definition) is 0. The van der Waals surface area contributed by atoms with Crippen LogP contribution in [0.5, 0.6) is 0 Å². The SMILES string of the molecule is CC(CC(F)(F)F)N1C(=O)C=CC1=O. The second-order valence-corrected chi connectivity index (χ2v) is 3.05. The number of carbonyl (C=O) groups excluding carboxylic acids is 2. The summed E-state index contributed by atoms with van der Waals surface area (Å²) >= 11 is 0. The first-order chi connectivity index (χ1) is 6.31. The second kappa shape index (κ2) is 3.43. The van der Waals surface area contributed by atoms with Gasteiger partial charge in [-0.2, -0.15) is 13.2 Å². The van der Waals surface area contributed by atoms with Crippen LogP contribution in [-0.2, 0) is 9.59 Å². The molecule has 0 aromatic heterocycles. The maximum atomic E-state index is 11.9. The zero-order chi connectivity index (χ0) is 10.9. The van der Waals surface area contributed by atoms with E-state index < -0.39 is 30.5 Å². The molecular weight excluding hydrogens is 199 g/mol. The molecule has 0 saturated carbocycles. The minimum absolute atomic E-state index is 0.605. The molecule has 0 fully saturated rings. The Balaban J connectivity index is 2.66. The zero-order valence-corrected chi connectivity index (χ0v) is 7.34. The number of rotatable bonds is 2. The van der Waals surface area contributed by atoms with Gasteiger partial charge in [-0.3, -0.25) is 14.5 Å². The average molecular weight is 207 g/mol. The summed E-state index contributed by atoms with van der Waals surface area (Å²) in [6, 6.07) is -1.15. The van der Waals surface area contributed by atoms with Gasteiger partial charge in [0.25, 0.3) is 11.8 Å². The Morgan fingerprint density at radius 3 is 2.07 bits per heavy atom. The molecule has 1 aliphatic heterocycles. The Bertz CT molecular complexity index is 277. The van der Waals surface area contributed by atoms with Crippen molar-refractivity contribution in [3.63, 3.8) is 0 Å². The van der Waals surface area contributed by atoms with Gasteiger partial charge in [-0.05, 0) is 6.92 Å². The van der Waals surface area contributed by atoms with Crippen LogP contribution in [0, 0.1) is 0 Å². The molecule has 3 nitrogen and oxygen atoms in total. The van der Waals surface area contributed by atoms with Crippen LogP contribution in [0.25, 0.3) is 0 Å². The van der Waals surface area contributed by atoms with Crippen molar-refractivity contribution in [3.05, 3.63) is 12.2 Å². The topological polar surface area (TPSA) is 37.4 Å². The van der Waals surface area contributed by atoms with Gasteiger partial charge in [-0.25, -0.2) is 0 Å². The molecule has 14 heavy (non-hydrogen) atoms. The lowest BCUT2D eigenvalue weighted by Crippen LogP contribution is -2.40. The van der Waals surface area contributed by atoms with E-state index in [1.165, 1.54) is 6.92 Å². The minimum atomic E-state index is -4.37. The molecule has 0 aromatic carbocycles. The zero-order valence-electron chi connectivity index (χ0n) is 7.34. The molecule has 0 saturated heterocycles. The molecule has 78 valence electrons. The van der Waals surface area contributed by atoms with Gasteiger partial charge in [0.1, 0.15) is 0 Å². The highest BCUT2D eigenvalue weighted by atomic mass is 19.4. The van der Waals surface area contributed by atoms with Crippen LogP contribution in [0.1, 0.15) is 13.3 Å². The van der Waals surface area contributed by atoms with Crippen molar-refractivity contribution in [2.45, 2.75) is 25.6 Å². The molecule has 0 spiro atoms. The van der Waals surface area contributed by atoms with Gasteiger partial charge in [0.15, 0.2) is 0 Å². The molecule has 0 radical (unpaired) electrons. The Morgan fingerprint density at radius 2 is 1.71 bits per heavy atom. The third-order valence-corrected chi connectivity index (χ3v) is 1.81. The molecule has 1 unspecified atom stereocenters. The summed E-state index contributed by atoms with van der Waals surface area (Å²) in [7, 11) is 0. The molecule has 6 heteroatoms. The van der Waals surface area contributed by atoms with Gasteiger partial charge in [0.2, 0.25) is 0 Å². The minimum Gasteiger partial charge on any atom is -0.272 e. The van der Waals surface area contributed by atoms with Crippen LogP contribution in [-0.4, -0.2) is 28.9 Å². The standard InChI is InChI=1S/C8H8F3NO2/c1-5(4-8(9,10)11)12-6(13)2-3-7(12)14/h2-3,5H,4H2,1H3. The van der Waals surface area contributed by atoms with Crippen molar-refractivity contribution in [3.8, 4) is 0 Å². The summed E-state index contributed by atoms with van der Waals surface area (Å²) in [5.41, 5.74) is 0. The number of imide groups is 1. The number of carbonyl (C=O) groups is 2. The molecular formula is C8H8F3NO2. The average Bonchev–Trinajstić information content (AvgIpc) is 2.27. The van der Waals surface area contributed by atoms with E-state index in [4.69, 9.17) is 0 Å². The highest BCUT2D eigenvalue weighted by Gasteiger charge is 2.37. The fourth-order valence-corrected chi connectivity index (χ4v) is 1.27. The first-order valence-electron chi connectivity index (χ1n) is 3.93. The summed E-state index contributed by atoms with van der Waals surface area (Å²) in [4.78, 5) is 22.5. The summed E-state index contributed by atoms with van der Waals surface area (Å²) in [5, 5.41) is 0. The van der Waals surface area contributed by atoms with Crippen LogP contribution in [0.4, 0.5) is 13.2 Å². The van der Waals surface area contributed by atoms with Gasteiger partial charge in [-0.1, -0.05) is 0 Å². The van der Waals surface area contributed by atoms with Gasteiger partial charge in [0.05, 0.1) is 6.42 Å². The first-order valence-corrected chi connectivity index (χ1v) is 3.93. The highest BCUT2D eigenvalue weighted by Crippen LogP contribution is 2.25. The second-order valence-electron chi connectivity index (χ2n) is 3.05. The smallest absolute Gasteiger partial charge is 0.272 e. The molecule has 1 atom stereocenters.